The van der Waals surface area contributed by atoms with E-state index in [9.17, 15) is 10.0 Å². The standard InChI is InChI=1S/C13H10BrNO2/c14-13(10-16,11-5-2-1-3-6-11)12-7-4-8-15(17)9-12/h1-10H. The number of hydrogen-bond acceptors (Lipinski definition) is 2. The number of alkyl halides is 1. The summed E-state index contributed by atoms with van der Waals surface area (Å²) in [7, 11) is 0. The Morgan fingerprint density at radius 3 is 2.35 bits per heavy atom. The zero-order valence-electron chi connectivity index (χ0n) is 8.92. The molecular weight excluding hydrogens is 282 g/mol. The van der Waals surface area contributed by atoms with Crippen molar-refractivity contribution in [1.82, 2.24) is 0 Å². The highest BCUT2D eigenvalue weighted by molar-refractivity contribution is 9.10. The number of halogens is 1. The summed E-state index contributed by atoms with van der Waals surface area (Å²) in [6.45, 7) is 0. The van der Waals surface area contributed by atoms with Gasteiger partial charge in [-0.3, -0.25) is 0 Å². The van der Waals surface area contributed by atoms with E-state index in [1.54, 1.807) is 12.1 Å². The number of hydrogen-bond donors (Lipinski definition) is 0. The van der Waals surface area contributed by atoms with Crippen molar-refractivity contribution in [3.05, 3.63) is 71.2 Å². The Bertz CT molecular complexity index is 530. The molecule has 0 spiro atoms. The molecule has 0 saturated heterocycles. The van der Waals surface area contributed by atoms with E-state index < -0.39 is 4.32 Å². The van der Waals surface area contributed by atoms with E-state index in [2.05, 4.69) is 15.9 Å². The second-order valence-corrected chi connectivity index (χ2v) is 4.90. The van der Waals surface area contributed by atoms with Crippen LogP contribution in [-0.4, -0.2) is 6.29 Å². The molecule has 0 bridgehead atoms. The third-order valence-corrected chi connectivity index (χ3v) is 3.65. The number of nitrogens with zero attached hydrogens (tertiary/aromatic N) is 1. The summed E-state index contributed by atoms with van der Waals surface area (Å²) in [6, 6.07) is 12.6. The molecule has 2 aromatic rings. The lowest BCUT2D eigenvalue weighted by molar-refractivity contribution is -0.605. The minimum Gasteiger partial charge on any atom is -0.619 e. The molecule has 0 radical (unpaired) electrons. The van der Waals surface area contributed by atoms with Crippen LogP contribution in [0.1, 0.15) is 11.1 Å². The molecule has 0 saturated carbocycles. The second-order valence-electron chi connectivity index (χ2n) is 3.65. The number of carbonyl (C=O) groups excluding carboxylic acids is 1. The van der Waals surface area contributed by atoms with Crippen LogP contribution in [0.3, 0.4) is 0 Å². The van der Waals surface area contributed by atoms with Crippen molar-refractivity contribution in [1.29, 1.82) is 0 Å². The first-order valence-corrected chi connectivity index (χ1v) is 5.86. The van der Waals surface area contributed by atoms with Crippen molar-refractivity contribution in [2.45, 2.75) is 4.32 Å². The van der Waals surface area contributed by atoms with Gasteiger partial charge in [-0.25, -0.2) is 0 Å². The zero-order valence-corrected chi connectivity index (χ0v) is 10.5. The maximum atomic E-state index is 11.4. The molecule has 0 amide bonds. The van der Waals surface area contributed by atoms with E-state index in [-0.39, 0.29) is 0 Å². The number of pyridine rings is 1. The molecule has 4 heteroatoms. The van der Waals surface area contributed by atoms with E-state index in [1.165, 1.54) is 12.4 Å². The van der Waals surface area contributed by atoms with E-state index in [0.717, 1.165) is 11.8 Å². The van der Waals surface area contributed by atoms with Crippen LogP contribution >= 0.6 is 15.9 Å². The van der Waals surface area contributed by atoms with Gasteiger partial charge in [0.25, 0.3) is 0 Å². The van der Waals surface area contributed by atoms with Gasteiger partial charge in [-0.2, -0.15) is 4.73 Å². The smallest absolute Gasteiger partial charge is 0.185 e. The largest absolute Gasteiger partial charge is 0.619 e. The number of rotatable bonds is 3. The second kappa shape index (κ2) is 4.67. The molecule has 17 heavy (non-hydrogen) atoms. The quantitative estimate of drug-likeness (QED) is 0.376. The highest BCUT2D eigenvalue weighted by atomic mass is 79.9. The summed E-state index contributed by atoms with van der Waals surface area (Å²) in [4.78, 5) is 11.4. The van der Waals surface area contributed by atoms with Crippen LogP contribution in [0.5, 0.6) is 0 Å². The van der Waals surface area contributed by atoms with E-state index in [1.807, 2.05) is 30.3 Å². The van der Waals surface area contributed by atoms with Gasteiger partial charge in [0.05, 0.1) is 0 Å². The van der Waals surface area contributed by atoms with E-state index in [4.69, 9.17) is 0 Å². The summed E-state index contributed by atoms with van der Waals surface area (Å²) in [5.41, 5.74) is 1.40. The van der Waals surface area contributed by atoms with Crippen LogP contribution in [0.4, 0.5) is 0 Å². The van der Waals surface area contributed by atoms with Crippen molar-refractivity contribution in [3.63, 3.8) is 0 Å². The fraction of sp³-hybridized carbons (Fsp3) is 0.0769. The highest BCUT2D eigenvalue weighted by Gasteiger charge is 2.32. The van der Waals surface area contributed by atoms with Crippen LogP contribution in [0, 0.1) is 5.21 Å². The predicted octanol–water partition coefficient (Wildman–Crippen LogP) is 2.16. The van der Waals surface area contributed by atoms with Gasteiger partial charge in [-0.1, -0.05) is 46.3 Å². The summed E-state index contributed by atoms with van der Waals surface area (Å²) < 4.78 is -0.292. The molecule has 0 aliphatic heterocycles. The molecule has 86 valence electrons. The van der Waals surface area contributed by atoms with Gasteiger partial charge in [0.2, 0.25) is 0 Å². The summed E-state index contributed by atoms with van der Waals surface area (Å²) in [5.74, 6) is 0. The molecule has 0 aliphatic rings. The third kappa shape index (κ3) is 2.22. The van der Waals surface area contributed by atoms with Gasteiger partial charge in [-0.15, -0.1) is 0 Å². The number of aldehydes is 1. The SMILES string of the molecule is O=CC(Br)(c1ccccc1)c1ccc[n+]([O-])c1. The van der Waals surface area contributed by atoms with E-state index in [0.29, 0.717) is 10.3 Å². The minimum absolute atomic E-state index is 0.608. The Labute approximate surface area is 107 Å². The van der Waals surface area contributed by atoms with Crippen molar-refractivity contribution in [2.75, 3.05) is 0 Å². The van der Waals surface area contributed by atoms with Gasteiger partial charge in [0, 0.05) is 11.6 Å². The van der Waals surface area contributed by atoms with Crippen LogP contribution in [0.25, 0.3) is 0 Å². The van der Waals surface area contributed by atoms with Crippen LogP contribution < -0.4 is 4.73 Å². The van der Waals surface area contributed by atoms with Crippen molar-refractivity contribution in [3.8, 4) is 0 Å². The average Bonchev–Trinajstić information content (AvgIpc) is 2.39. The molecule has 1 unspecified atom stereocenters. The van der Waals surface area contributed by atoms with E-state index >= 15 is 0 Å². The number of carbonyl (C=O) groups is 1. The zero-order chi connectivity index (χ0) is 12.3. The minimum atomic E-state index is -0.971. The molecular formula is C13H10BrNO2. The summed E-state index contributed by atoms with van der Waals surface area (Å²) >= 11 is 3.41. The van der Waals surface area contributed by atoms with Crippen molar-refractivity contribution in [2.24, 2.45) is 0 Å². The molecule has 0 aliphatic carbocycles. The van der Waals surface area contributed by atoms with Gasteiger partial charge in [-0.05, 0) is 11.6 Å². The Morgan fingerprint density at radius 2 is 1.76 bits per heavy atom. The number of aromatic nitrogens is 1. The maximum Gasteiger partial charge on any atom is 0.185 e. The predicted molar refractivity (Wildman–Crippen MR) is 67.6 cm³/mol. The van der Waals surface area contributed by atoms with Crippen LogP contribution in [0.15, 0.2) is 54.9 Å². The summed E-state index contributed by atoms with van der Waals surface area (Å²) in [5, 5.41) is 11.3. The molecule has 1 aromatic heterocycles. The third-order valence-electron chi connectivity index (χ3n) is 2.55. The molecule has 1 aromatic carbocycles. The van der Waals surface area contributed by atoms with Gasteiger partial charge >= 0.3 is 0 Å². The van der Waals surface area contributed by atoms with Crippen LogP contribution in [0.2, 0.25) is 0 Å². The van der Waals surface area contributed by atoms with Crippen molar-refractivity contribution < 1.29 is 9.52 Å². The fourth-order valence-corrected chi connectivity index (χ4v) is 2.15. The summed E-state index contributed by atoms with van der Waals surface area (Å²) in [6.07, 6.45) is 3.56. The van der Waals surface area contributed by atoms with Gasteiger partial charge in [0.1, 0.15) is 10.6 Å². The lowest BCUT2D eigenvalue weighted by Crippen LogP contribution is -2.30. The lowest BCUT2D eigenvalue weighted by atomic mass is 9.94. The Kier molecular flexibility index (Phi) is 3.24. The number of benzene rings is 1. The molecule has 1 heterocycles. The molecule has 3 nitrogen and oxygen atoms in total. The van der Waals surface area contributed by atoms with Gasteiger partial charge in [0.15, 0.2) is 12.4 Å². The van der Waals surface area contributed by atoms with Gasteiger partial charge < -0.3 is 10.0 Å². The fourth-order valence-electron chi connectivity index (χ4n) is 1.65. The average molecular weight is 292 g/mol. The Morgan fingerprint density at radius 1 is 1.12 bits per heavy atom. The Hall–Kier alpha value is -1.68. The molecule has 0 N–H and O–H groups in total. The first kappa shape index (κ1) is 11.8. The first-order valence-electron chi connectivity index (χ1n) is 5.07. The molecule has 1 atom stereocenters. The normalized spacial score (nSPS) is 13.9. The monoisotopic (exact) mass is 291 g/mol. The van der Waals surface area contributed by atoms with Crippen LogP contribution in [-0.2, 0) is 9.12 Å². The molecule has 2 rings (SSSR count). The molecule has 0 fully saturated rings. The van der Waals surface area contributed by atoms with Crippen molar-refractivity contribution >= 4 is 22.2 Å². The Balaban J connectivity index is 2.56. The lowest BCUT2D eigenvalue weighted by Gasteiger charge is -2.20. The first-order chi connectivity index (χ1) is 8.16. The highest BCUT2D eigenvalue weighted by Crippen LogP contribution is 2.35. The maximum absolute atomic E-state index is 11.4. The topological polar surface area (TPSA) is 44.0 Å².